The molecule has 1 aliphatic heterocycles. The Bertz CT molecular complexity index is 1150. The fourth-order valence-corrected chi connectivity index (χ4v) is 3.05. The summed E-state index contributed by atoms with van der Waals surface area (Å²) in [7, 11) is 0. The maximum atomic E-state index is 14.0. The van der Waals surface area contributed by atoms with Crippen molar-refractivity contribution in [3.8, 4) is 17.2 Å². The minimum Gasteiger partial charge on any atom is -0.380 e. The van der Waals surface area contributed by atoms with Crippen molar-refractivity contribution in [1.82, 2.24) is 29.7 Å². The van der Waals surface area contributed by atoms with Crippen molar-refractivity contribution in [2.45, 2.75) is 12.8 Å². The molecule has 0 amide bonds. The molecule has 0 atom stereocenters. The molecular formula is C19H15FN6O. The van der Waals surface area contributed by atoms with Crippen LogP contribution >= 0.6 is 0 Å². The molecule has 5 rings (SSSR count). The molecule has 1 fully saturated rings. The number of fused-ring (bicyclic) bond motifs is 1. The van der Waals surface area contributed by atoms with Gasteiger partial charge in [0, 0.05) is 29.9 Å². The molecule has 134 valence electrons. The second-order valence-electron chi connectivity index (χ2n) is 6.56. The number of aromatic nitrogens is 6. The Kier molecular flexibility index (Phi) is 3.64. The first kappa shape index (κ1) is 16.0. The molecule has 0 aliphatic carbocycles. The Morgan fingerprint density at radius 3 is 2.74 bits per heavy atom. The van der Waals surface area contributed by atoms with Crippen LogP contribution in [0.2, 0.25) is 0 Å². The summed E-state index contributed by atoms with van der Waals surface area (Å²) in [5, 5.41) is 5.38. The molecule has 0 spiro atoms. The largest absolute Gasteiger partial charge is 0.380 e. The second kappa shape index (κ2) is 6.17. The van der Waals surface area contributed by atoms with Gasteiger partial charge in [-0.05, 0) is 30.7 Å². The van der Waals surface area contributed by atoms with Gasteiger partial charge >= 0.3 is 0 Å². The molecule has 0 saturated carbocycles. The maximum absolute atomic E-state index is 14.0. The third kappa shape index (κ3) is 2.93. The summed E-state index contributed by atoms with van der Waals surface area (Å²) in [6.45, 7) is 3.09. The molecule has 7 nitrogen and oxygen atoms in total. The first-order chi connectivity index (χ1) is 13.2. The van der Waals surface area contributed by atoms with Crippen molar-refractivity contribution in [2.75, 3.05) is 13.2 Å². The number of nitrogens with zero attached hydrogens (tertiary/aromatic N) is 6. The topological polar surface area (TPSA) is 78.6 Å². The fourth-order valence-electron chi connectivity index (χ4n) is 3.05. The molecule has 1 saturated heterocycles. The van der Waals surface area contributed by atoms with Gasteiger partial charge in [-0.3, -0.25) is 9.97 Å². The molecule has 4 aromatic heterocycles. The maximum Gasteiger partial charge on any atom is 0.215 e. The van der Waals surface area contributed by atoms with E-state index in [1.165, 1.54) is 6.07 Å². The van der Waals surface area contributed by atoms with Crippen LogP contribution in [-0.2, 0) is 4.74 Å². The van der Waals surface area contributed by atoms with E-state index in [1.807, 2.05) is 19.1 Å². The Morgan fingerprint density at radius 1 is 1.07 bits per heavy atom. The zero-order chi connectivity index (χ0) is 18.4. The Labute approximate surface area is 153 Å². The smallest absolute Gasteiger partial charge is 0.215 e. The van der Waals surface area contributed by atoms with E-state index in [0.29, 0.717) is 30.4 Å². The van der Waals surface area contributed by atoms with Gasteiger partial charge in [-0.1, -0.05) is 0 Å². The first-order valence-corrected chi connectivity index (χ1v) is 8.56. The van der Waals surface area contributed by atoms with Gasteiger partial charge in [0.1, 0.15) is 5.69 Å². The van der Waals surface area contributed by atoms with Crippen LogP contribution in [0, 0.1) is 12.9 Å². The van der Waals surface area contributed by atoms with E-state index in [1.54, 1.807) is 29.5 Å². The van der Waals surface area contributed by atoms with Gasteiger partial charge in [0.2, 0.25) is 5.95 Å². The zero-order valence-corrected chi connectivity index (χ0v) is 14.5. The van der Waals surface area contributed by atoms with E-state index in [4.69, 9.17) is 4.74 Å². The normalized spacial score (nSPS) is 14.4. The van der Waals surface area contributed by atoms with E-state index in [0.717, 1.165) is 22.2 Å². The van der Waals surface area contributed by atoms with Gasteiger partial charge in [-0.15, -0.1) is 0 Å². The Balaban J connectivity index is 1.56. The summed E-state index contributed by atoms with van der Waals surface area (Å²) in [5.74, 6) is 0.118. The molecule has 4 aromatic rings. The van der Waals surface area contributed by atoms with Crippen molar-refractivity contribution in [2.24, 2.45) is 0 Å². The molecule has 0 bridgehead atoms. The Hall–Kier alpha value is -3.26. The summed E-state index contributed by atoms with van der Waals surface area (Å²) in [6, 6.07) is 5.15. The molecular weight excluding hydrogens is 347 g/mol. The van der Waals surface area contributed by atoms with Crippen molar-refractivity contribution < 1.29 is 9.13 Å². The summed E-state index contributed by atoms with van der Waals surface area (Å²) in [5.41, 5.74) is 3.78. The number of aryl methyl sites for hydroxylation is 1. The summed E-state index contributed by atoms with van der Waals surface area (Å²) >= 11 is 0. The van der Waals surface area contributed by atoms with Gasteiger partial charge in [0.15, 0.2) is 5.82 Å². The lowest BCUT2D eigenvalue weighted by atomic mass is 9.99. The predicted octanol–water partition coefficient (Wildman–Crippen LogP) is 2.83. The van der Waals surface area contributed by atoms with Gasteiger partial charge in [-0.2, -0.15) is 9.49 Å². The Morgan fingerprint density at radius 2 is 1.96 bits per heavy atom. The highest BCUT2D eigenvalue weighted by molar-refractivity contribution is 5.81. The van der Waals surface area contributed by atoms with Crippen molar-refractivity contribution in [3.63, 3.8) is 0 Å². The van der Waals surface area contributed by atoms with Crippen molar-refractivity contribution in [1.29, 1.82) is 0 Å². The third-order valence-corrected chi connectivity index (χ3v) is 4.55. The van der Waals surface area contributed by atoms with Crippen LogP contribution in [0.25, 0.3) is 28.1 Å². The number of pyridine rings is 2. The quantitative estimate of drug-likeness (QED) is 0.522. The SMILES string of the molecule is Cc1cncc(-c2cc3nn(-c4cc(C5COC5)cc(F)n4)cc3cn2)n1. The number of halogens is 1. The number of ether oxygens (including phenoxy) is 1. The highest BCUT2D eigenvalue weighted by Gasteiger charge is 2.22. The molecule has 0 unspecified atom stereocenters. The number of hydrogen-bond acceptors (Lipinski definition) is 6. The van der Waals surface area contributed by atoms with Crippen LogP contribution in [0.15, 0.2) is 43.0 Å². The van der Waals surface area contributed by atoms with Gasteiger partial charge in [-0.25, -0.2) is 14.6 Å². The van der Waals surface area contributed by atoms with E-state index in [9.17, 15) is 4.39 Å². The summed E-state index contributed by atoms with van der Waals surface area (Å²) in [4.78, 5) is 17.0. The predicted molar refractivity (Wildman–Crippen MR) is 95.9 cm³/mol. The standard InChI is InChI=1S/C19H15FN6O/c1-11-5-21-7-17(23-11)16-4-15-13(6-22-16)8-26(25-15)19-3-12(2-18(20)24-19)14-9-27-10-14/h2-8,14H,9-10H2,1H3. The minimum atomic E-state index is -0.525. The molecule has 27 heavy (non-hydrogen) atoms. The molecule has 8 heteroatoms. The van der Waals surface area contributed by atoms with Gasteiger partial charge in [0.25, 0.3) is 0 Å². The zero-order valence-electron chi connectivity index (χ0n) is 14.5. The van der Waals surface area contributed by atoms with Crippen LogP contribution in [0.5, 0.6) is 0 Å². The summed E-state index contributed by atoms with van der Waals surface area (Å²) in [6.07, 6.45) is 6.87. The van der Waals surface area contributed by atoms with E-state index < -0.39 is 5.95 Å². The highest BCUT2D eigenvalue weighted by Crippen LogP contribution is 2.26. The lowest BCUT2D eigenvalue weighted by Crippen LogP contribution is -2.25. The molecule has 5 heterocycles. The molecule has 0 aromatic carbocycles. The van der Waals surface area contributed by atoms with Crippen molar-refractivity contribution in [3.05, 3.63) is 60.2 Å². The van der Waals surface area contributed by atoms with Crippen LogP contribution in [-0.4, -0.2) is 42.9 Å². The lowest BCUT2D eigenvalue weighted by Gasteiger charge is -2.26. The van der Waals surface area contributed by atoms with Crippen LogP contribution in [0.3, 0.4) is 0 Å². The van der Waals surface area contributed by atoms with E-state index in [2.05, 4.69) is 25.0 Å². The lowest BCUT2D eigenvalue weighted by molar-refractivity contribution is 0.00827. The monoisotopic (exact) mass is 362 g/mol. The number of rotatable bonds is 3. The molecule has 1 aliphatic rings. The van der Waals surface area contributed by atoms with Gasteiger partial charge < -0.3 is 4.74 Å². The molecule has 0 radical (unpaired) electrons. The minimum absolute atomic E-state index is 0.208. The van der Waals surface area contributed by atoms with Crippen LogP contribution in [0.4, 0.5) is 4.39 Å². The average Bonchev–Trinajstić information content (AvgIpc) is 3.03. The van der Waals surface area contributed by atoms with Crippen LogP contribution in [0.1, 0.15) is 17.2 Å². The molecule has 0 N–H and O–H groups in total. The van der Waals surface area contributed by atoms with Crippen molar-refractivity contribution >= 4 is 10.9 Å². The van der Waals surface area contributed by atoms with E-state index in [-0.39, 0.29) is 5.92 Å². The highest BCUT2D eigenvalue weighted by atomic mass is 19.1. The first-order valence-electron chi connectivity index (χ1n) is 8.56. The average molecular weight is 362 g/mol. The van der Waals surface area contributed by atoms with Crippen LogP contribution < -0.4 is 0 Å². The number of hydrogen-bond donors (Lipinski definition) is 0. The fraction of sp³-hybridized carbons (Fsp3) is 0.211. The van der Waals surface area contributed by atoms with E-state index >= 15 is 0 Å². The van der Waals surface area contributed by atoms with Gasteiger partial charge in [0.05, 0.1) is 36.3 Å². The third-order valence-electron chi connectivity index (χ3n) is 4.55. The second-order valence-corrected chi connectivity index (χ2v) is 6.56. The summed E-state index contributed by atoms with van der Waals surface area (Å²) < 4.78 is 20.8.